The first kappa shape index (κ1) is 20.8. The van der Waals surface area contributed by atoms with E-state index in [1.165, 1.54) is 51.4 Å². The summed E-state index contributed by atoms with van der Waals surface area (Å²) in [5, 5.41) is -0.698. The Morgan fingerprint density at radius 3 is 1.71 bits per heavy atom. The summed E-state index contributed by atoms with van der Waals surface area (Å²) < 4.78 is 0. The van der Waals surface area contributed by atoms with Gasteiger partial charge >= 0.3 is 0 Å². The van der Waals surface area contributed by atoms with Gasteiger partial charge in [0, 0.05) is 6.54 Å². The van der Waals surface area contributed by atoms with Gasteiger partial charge in [0.2, 0.25) is 0 Å². The molecule has 4 N–H and O–H groups in total. The van der Waals surface area contributed by atoms with Crippen LogP contribution in [0.3, 0.4) is 0 Å². The Balaban J connectivity index is 3.59. The van der Waals surface area contributed by atoms with Crippen LogP contribution in [0.2, 0.25) is 0 Å². The van der Waals surface area contributed by atoms with Gasteiger partial charge in [-0.15, -0.1) is 0 Å². The average molecular weight is 320 g/mol. The molecule has 0 aromatic heterocycles. The summed E-state index contributed by atoms with van der Waals surface area (Å²) in [7, 11) is 0. The fourth-order valence-corrected chi connectivity index (χ4v) is 2.64. The van der Waals surface area contributed by atoms with Crippen molar-refractivity contribution in [1.82, 2.24) is 4.90 Å². The molecule has 0 aliphatic carbocycles. The van der Waals surface area contributed by atoms with Crippen molar-refractivity contribution in [3.63, 3.8) is 0 Å². The third kappa shape index (κ3) is 9.46. The van der Waals surface area contributed by atoms with Gasteiger partial charge in [-0.05, 0) is 24.6 Å². The highest BCUT2D eigenvalue weighted by molar-refractivity contribution is 6.65. The summed E-state index contributed by atoms with van der Waals surface area (Å²) in [6.45, 7) is 5.53. The highest BCUT2D eigenvalue weighted by Gasteiger charge is 2.33. The van der Waals surface area contributed by atoms with E-state index in [-0.39, 0.29) is 0 Å². The number of carbonyl (C=O) groups is 1. The average Bonchev–Trinajstić information content (AvgIpc) is 2.44. The van der Waals surface area contributed by atoms with Crippen molar-refractivity contribution in [3.8, 4) is 0 Å². The van der Waals surface area contributed by atoms with Crippen LogP contribution in [0.5, 0.6) is 0 Å². The second-order valence-electron chi connectivity index (χ2n) is 5.86. The summed E-state index contributed by atoms with van der Waals surface area (Å²) in [4.78, 5) is 13.0. The molecule has 0 bridgehead atoms. The molecule has 0 aliphatic heterocycles. The number of carbonyl (C=O) groups excluding carboxylic acids is 1. The van der Waals surface area contributed by atoms with E-state index in [0.717, 1.165) is 19.4 Å². The van der Waals surface area contributed by atoms with Crippen LogP contribution < -0.4 is 11.5 Å². The van der Waals surface area contributed by atoms with E-state index in [2.05, 4.69) is 6.92 Å². The van der Waals surface area contributed by atoms with E-state index in [9.17, 15) is 4.79 Å². The molecule has 0 aliphatic rings. The number of unbranched alkanes of at least 4 members (excludes halogenated alkanes) is 9. The number of hydrogen-bond acceptors (Lipinski definition) is 4. The Labute approximate surface area is 135 Å². The number of halogens is 1. The molecule has 126 valence electrons. The van der Waals surface area contributed by atoms with Gasteiger partial charge in [-0.1, -0.05) is 71.6 Å². The van der Waals surface area contributed by atoms with Crippen molar-refractivity contribution < 1.29 is 4.79 Å². The molecule has 21 heavy (non-hydrogen) atoms. The van der Waals surface area contributed by atoms with Crippen molar-refractivity contribution in [2.75, 3.05) is 13.1 Å². The molecule has 0 amide bonds. The van der Waals surface area contributed by atoms with Gasteiger partial charge in [-0.2, -0.15) is 0 Å². The lowest BCUT2D eigenvalue weighted by atomic mass is 10.1. The van der Waals surface area contributed by atoms with E-state index in [0.29, 0.717) is 6.54 Å². The number of likely N-dealkylation sites (N-methyl/N-ethyl adjacent to an activating group) is 1. The monoisotopic (exact) mass is 319 g/mol. The first-order valence-electron chi connectivity index (χ1n) is 8.49. The molecular weight excluding hydrogens is 286 g/mol. The van der Waals surface area contributed by atoms with Crippen LogP contribution in [0.15, 0.2) is 0 Å². The fourth-order valence-electron chi connectivity index (χ4n) is 2.52. The van der Waals surface area contributed by atoms with Crippen LogP contribution in [0.1, 0.15) is 78.1 Å². The molecular formula is C16H34ClN3O. The van der Waals surface area contributed by atoms with Crippen molar-refractivity contribution in [2.24, 2.45) is 11.5 Å². The maximum atomic E-state index is 11.2. The molecule has 0 aromatic carbocycles. The van der Waals surface area contributed by atoms with Crippen molar-refractivity contribution in [2.45, 2.75) is 83.8 Å². The number of nitrogens with two attached hydrogens (primary N) is 2. The zero-order valence-corrected chi connectivity index (χ0v) is 14.6. The largest absolute Gasteiger partial charge is 0.293 e. The highest BCUT2D eigenvalue weighted by atomic mass is 35.5. The van der Waals surface area contributed by atoms with E-state index in [1.807, 2.05) is 6.92 Å². The van der Waals surface area contributed by atoms with Gasteiger partial charge < -0.3 is 0 Å². The summed E-state index contributed by atoms with van der Waals surface area (Å²) in [5.74, 6) is -1.53. The smallest absolute Gasteiger partial charge is 0.271 e. The normalized spacial score (nSPS) is 12.1. The van der Waals surface area contributed by atoms with Gasteiger partial charge in [0.1, 0.15) is 0 Å². The molecule has 0 atom stereocenters. The van der Waals surface area contributed by atoms with Crippen LogP contribution in [0.25, 0.3) is 0 Å². The third-order valence-electron chi connectivity index (χ3n) is 4.00. The minimum Gasteiger partial charge on any atom is -0.293 e. The SMILES string of the molecule is CCCCCCCCCCCCN(CC)C(N)(N)C(=O)Cl. The molecule has 0 unspecified atom stereocenters. The summed E-state index contributed by atoms with van der Waals surface area (Å²) in [6, 6.07) is 0. The first-order valence-corrected chi connectivity index (χ1v) is 8.87. The third-order valence-corrected chi connectivity index (χ3v) is 4.30. The number of hydrogen-bond donors (Lipinski definition) is 2. The fraction of sp³-hybridized carbons (Fsp3) is 0.938. The van der Waals surface area contributed by atoms with Crippen molar-refractivity contribution >= 4 is 16.8 Å². The first-order chi connectivity index (χ1) is 9.96. The lowest BCUT2D eigenvalue weighted by Gasteiger charge is -2.33. The van der Waals surface area contributed by atoms with Crippen molar-refractivity contribution in [1.29, 1.82) is 0 Å². The van der Waals surface area contributed by atoms with E-state index in [1.54, 1.807) is 4.90 Å². The van der Waals surface area contributed by atoms with Gasteiger partial charge in [-0.25, -0.2) is 0 Å². The van der Waals surface area contributed by atoms with Crippen LogP contribution in [0, 0.1) is 0 Å². The molecule has 0 aromatic rings. The highest BCUT2D eigenvalue weighted by Crippen LogP contribution is 2.12. The van der Waals surface area contributed by atoms with Gasteiger partial charge in [0.15, 0.2) is 5.79 Å². The van der Waals surface area contributed by atoms with E-state index in [4.69, 9.17) is 23.1 Å². The van der Waals surface area contributed by atoms with Crippen LogP contribution >= 0.6 is 11.6 Å². The maximum Gasteiger partial charge on any atom is 0.271 e. The van der Waals surface area contributed by atoms with Gasteiger partial charge in [0.25, 0.3) is 5.24 Å². The zero-order chi connectivity index (χ0) is 16.1. The van der Waals surface area contributed by atoms with E-state index < -0.39 is 11.0 Å². The summed E-state index contributed by atoms with van der Waals surface area (Å²) >= 11 is 5.45. The maximum absolute atomic E-state index is 11.2. The minimum atomic E-state index is -1.53. The summed E-state index contributed by atoms with van der Waals surface area (Å²) in [5.41, 5.74) is 11.5. The van der Waals surface area contributed by atoms with Crippen LogP contribution in [-0.2, 0) is 4.79 Å². The van der Waals surface area contributed by atoms with Crippen LogP contribution in [-0.4, -0.2) is 29.0 Å². The molecule has 0 rings (SSSR count). The van der Waals surface area contributed by atoms with Crippen molar-refractivity contribution in [3.05, 3.63) is 0 Å². The second kappa shape index (κ2) is 12.4. The lowest BCUT2D eigenvalue weighted by molar-refractivity contribution is -0.122. The molecule has 0 heterocycles. The standard InChI is InChI=1S/C16H34ClN3O/c1-3-5-6-7-8-9-10-11-12-13-14-20(4-2)16(18,19)15(17)21/h3-14,18-19H2,1-2H3. The molecule has 4 nitrogen and oxygen atoms in total. The molecule has 5 heteroatoms. The molecule has 0 saturated heterocycles. The second-order valence-corrected chi connectivity index (χ2v) is 6.20. The molecule has 0 fully saturated rings. The van der Waals surface area contributed by atoms with Gasteiger partial charge in [-0.3, -0.25) is 21.2 Å². The number of nitrogens with zero attached hydrogens (tertiary/aromatic N) is 1. The topological polar surface area (TPSA) is 72.3 Å². The van der Waals surface area contributed by atoms with Crippen LogP contribution in [0.4, 0.5) is 0 Å². The van der Waals surface area contributed by atoms with Gasteiger partial charge in [0.05, 0.1) is 0 Å². The predicted octanol–water partition coefficient (Wildman–Crippen LogP) is 3.57. The Hall–Kier alpha value is -0.160. The lowest BCUT2D eigenvalue weighted by Crippen LogP contribution is -2.67. The zero-order valence-electron chi connectivity index (χ0n) is 13.9. The molecule has 0 spiro atoms. The minimum absolute atomic E-state index is 0.628. The Morgan fingerprint density at radius 1 is 0.905 bits per heavy atom. The molecule has 0 radical (unpaired) electrons. The Kier molecular flexibility index (Phi) is 12.3. The summed E-state index contributed by atoms with van der Waals surface area (Å²) in [6.07, 6.45) is 12.8. The van der Waals surface area contributed by atoms with E-state index >= 15 is 0 Å². The Morgan fingerprint density at radius 2 is 1.33 bits per heavy atom. The Bertz CT molecular complexity index is 272. The predicted molar refractivity (Wildman–Crippen MR) is 91.1 cm³/mol. The quantitative estimate of drug-likeness (QED) is 0.292. The molecule has 0 saturated carbocycles. The number of rotatable bonds is 14.